The second-order valence-corrected chi connectivity index (χ2v) is 9.74. The number of nitrogens with zero attached hydrogens (tertiary/aromatic N) is 4. The summed E-state index contributed by atoms with van der Waals surface area (Å²) in [5.41, 5.74) is 3.04. The number of rotatable bonds is 6. The lowest BCUT2D eigenvalue weighted by molar-refractivity contribution is -0.384. The Hall–Kier alpha value is -2.95. The summed E-state index contributed by atoms with van der Waals surface area (Å²) in [6.45, 7) is 1.37. The van der Waals surface area contributed by atoms with Gasteiger partial charge in [-0.25, -0.2) is 4.98 Å². The lowest BCUT2D eigenvalue weighted by Gasteiger charge is -2.11. The number of hydrogen-bond donors (Lipinski definition) is 0. The quantitative estimate of drug-likeness (QED) is 0.136. The van der Waals surface area contributed by atoms with Crippen LogP contribution in [-0.2, 0) is 0 Å². The van der Waals surface area contributed by atoms with Crippen molar-refractivity contribution in [3.63, 3.8) is 0 Å². The zero-order valence-electron chi connectivity index (χ0n) is 17.0. The number of ketones is 1. The third-order valence-electron chi connectivity index (χ3n) is 4.66. The number of hydrogen-bond acceptors (Lipinski definition) is 7. The van der Waals surface area contributed by atoms with Gasteiger partial charge in [-0.05, 0) is 49.0 Å². The molecule has 0 unspecified atom stereocenters. The maximum atomic E-state index is 12.1. The van der Waals surface area contributed by atoms with Gasteiger partial charge < -0.3 is 0 Å². The Labute approximate surface area is 210 Å². The number of non-ortho nitro benzene ring substituents is 1. The molecular formula is C23H14Br2N4O3S. The van der Waals surface area contributed by atoms with Gasteiger partial charge in [-0.1, -0.05) is 56.1 Å². The Morgan fingerprint density at radius 2 is 1.45 bits per heavy atom. The molecular weight excluding hydrogens is 572 g/mol. The molecule has 0 aliphatic rings. The van der Waals surface area contributed by atoms with E-state index in [1.807, 2.05) is 48.5 Å². The van der Waals surface area contributed by atoms with Gasteiger partial charge in [-0.15, -0.1) is 10.2 Å². The molecule has 0 atom stereocenters. The topological polar surface area (TPSA) is 98.9 Å². The monoisotopic (exact) mass is 584 g/mol. The fourth-order valence-electron chi connectivity index (χ4n) is 3.06. The van der Waals surface area contributed by atoms with E-state index in [1.54, 1.807) is 0 Å². The van der Waals surface area contributed by atoms with E-state index >= 15 is 0 Å². The summed E-state index contributed by atoms with van der Waals surface area (Å²) < 4.78 is 1.88. The summed E-state index contributed by atoms with van der Waals surface area (Å²) >= 11 is 8.02. The van der Waals surface area contributed by atoms with Crippen LogP contribution in [0.15, 0.2) is 85.7 Å². The predicted molar refractivity (Wildman–Crippen MR) is 133 cm³/mol. The van der Waals surface area contributed by atoms with E-state index < -0.39 is 4.92 Å². The molecule has 0 bridgehead atoms. The summed E-state index contributed by atoms with van der Waals surface area (Å²) in [4.78, 5) is 28.0. The van der Waals surface area contributed by atoms with Crippen LogP contribution in [0.25, 0.3) is 22.5 Å². The number of nitro groups is 1. The lowest BCUT2D eigenvalue weighted by Crippen LogP contribution is -2.01. The minimum absolute atomic E-state index is 0.148. The smallest absolute Gasteiger partial charge is 0.270 e. The number of aromatic nitrogens is 3. The van der Waals surface area contributed by atoms with Crippen molar-refractivity contribution in [1.29, 1.82) is 0 Å². The van der Waals surface area contributed by atoms with Crippen molar-refractivity contribution in [2.45, 2.75) is 17.0 Å². The maximum Gasteiger partial charge on any atom is 0.270 e. The fraction of sp³-hybridized carbons (Fsp3) is 0.0435. The van der Waals surface area contributed by atoms with Crippen LogP contribution >= 0.6 is 43.6 Å². The molecule has 0 amide bonds. The van der Waals surface area contributed by atoms with Gasteiger partial charge in [0.2, 0.25) is 5.16 Å². The Balaban J connectivity index is 1.80. The Morgan fingerprint density at radius 1 is 0.879 bits per heavy atom. The van der Waals surface area contributed by atoms with Gasteiger partial charge in [0, 0.05) is 42.7 Å². The lowest BCUT2D eigenvalue weighted by atomic mass is 10.0. The minimum Gasteiger partial charge on any atom is -0.294 e. The van der Waals surface area contributed by atoms with Crippen molar-refractivity contribution in [2.24, 2.45) is 0 Å². The van der Waals surface area contributed by atoms with Gasteiger partial charge in [0.05, 0.1) is 4.92 Å². The van der Waals surface area contributed by atoms with Gasteiger partial charge in [-0.2, -0.15) is 0 Å². The molecule has 0 spiro atoms. The van der Waals surface area contributed by atoms with Crippen molar-refractivity contribution >= 4 is 55.1 Å². The van der Waals surface area contributed by atoms with Crippen LogP contribution in [0.2, 0.25) is 0 Å². The number of carbonyl (C=O) groups excluding carboxylic acids is 1. The number of Topliss-reactive ketones (excluding diaryl/α,β-unsaturated/α-hetero) is 1. The van der Waals surface area contributed by atoms with Gasteiger partial charge in [0.15, 0.2) is 5.78 Å². The van der Waals surface area contributed by atoms with Crippen LogP contribution in [0.4, 0.5) is 5.69 Å². The molecule has 1 heterocycles. The van der Waals surface area contributed by atoms with Gasteiger partial charge in [0.1, 0.15) is 11.4 Å². The zero-order valence-corrected chi connectivity index (χ0v) is 21.0. The van der Waals surface area contributed by atoms with Crippen LogP contribution in [-0.4, -0.2) is 25.9 Å². The van der Waals surface area contributed by atoms with E-state index in [9.17, 15) is 14.9 Å². The van der Waals surface area contributed by atoms with Crippen LogP contribution < -0.4 is 0 Å². The van der Waals surface area contributed by atoms with Crippen molar-refractivity contribution in [3.05, 3.63) is 91.4 Å². The molecule has 164 valence electrons. The zero-order chi connectivity index (χ0) is 23.5. The van der Waals surface area contributed by atoms with Crippen molar-refractivity contribution < 1.29 is 9.72 Å². The van der Waals surface area contributed by atoms with Crippen LogP contribution in [0.3, 0.4) is 0 Å². The molecule has 0 radical (unpaired) electrons. The fourth-order valence-corrected chi connectivity index (χ4v) is 4.45. The molecule has 0 aliphatic heterocycles. The van der Waals surface area contributed by atoms with Gasteiger partial charge in [0.25, 0.3) is 5.69 Å². The summed E-state index contributed by atoms with van der Waals surface area (Å²) in [6, 6.07) is 19.5. The number of halogens is 2. The van der Waals surface area contributed by atoms with Crippen molar-refractivity contribution in [1.82, 2.24) is 15.2 Å². The first-order chi connectivity index (χ1) is 15.8. The van der Waals surface area contributed by atoms with Crippen LogP contribution in [0.1, 0.15) is 17.3 Å². The highest BCUT2D eigenvalue weighted by Crippen LogP contribution is 2.35. The number of nitro benzene ring substituents is 1. The minimum atomic E-state index is -0.530. The first-order valence-corrected chi connectivity index (χ1v) is 12.0. The number of carbonyl (C=O) groups is 1. The second-order valence-electron chi connectivity index (χ2n) is 6.90. The van der Waals surface area contributed by atoms with E-state index in [0.29, 0.717) is 21.4 Å². The standard InChI is InChI=1S/C23H14Br2N4O3S/c1-13(30)19-12-18(29(31)32)10-11-20(19)33-23-26-21(14-2-6-16(24)7-3-14)22(27-28-23)15-4-8-17(25)9-5-15/h2-12H,1H3. The first-order valence-electron chi connectivity index (χ1n) is 9.55. The number of benzene rings is 3. The SMILES string of the molecule is CC(=O)c1cc([N+](=O)[O-])ccc1Sc1nnc(-c2ccc(Br)cc2)c(-c2ccc(Br)cc2)n1. The van der Waals surface area contributed by atoms with E-state index in [2.05, 4.69) is 42.1 Å². The molecule has 0 aliphatic carbocycles. The molecule has 10 heteroatoms. The third-order valence-corrected chi connectivity index (χ3v) is 6.65. The average Bonchev–Trinajstić information content (AvgIpc) is 2.80. The van der Waals surface area contributed by atoms with Crippen LogP contribution in [0, 0.1) is 10.1 Å². The highest BCUT2D eigenvalue weighted by atomic mass is 79.9. The van der Waals surface area contributed by atoms with E-state index in [1.165, 1.54) is 25.1 Å². The van der Waals surface area contributed by atoms with Crippen molar-refractivity contribution in [3.8, 4) is 22.5 Å². The molecule has 0 fully saturated rings. The van der Waals surface area contributed by atoms with Crippen molar-refractivity contribution in [2.75, 3.05) is 0 Å². The van der Waals surface area contributed by atoms with E-state index in [4.69, 9.17) is 4.98 Å². The third kappa shape index (κ3) is 5.35. The largest absolute Gasteiger partial charge is 0.294 e. The summed E-state index contributed by atoms with van der Waals surface area (Å²) in [6.07, 6.45) is 0. The summed E-state index contributed by atoms with van der Waals surface area (Å²) in [5, 5.41) is 20.1. The Bertz CT molecular complexity index is 1360. The van der Waals surface area contributed by atoms with Gasteiger partial charge >= 0.3 is 0 Å². The van der Waals surface area contributed by atoms with Crippen LogP contribution in [0.5, 0.6) is 0 Å². The predicted octanol–water partition coefficient (Wildman–Crippen LogP) is 6.99. The summed E-state index contributed by atoms with van der Waals surface area (Å²) in [5.74, 6) is -0.284. The Kier molecular flexibility index (Phi) is 6.96. The Morgan fingerprint density at radius 3 is 2.00 bits per heavy atom. The molecule has 7 nitrogen and oxygen atoms in total. The highest BCUT2D eigenvalue weighted by Gasteiger charge is 2.18. The van der Waals surface area contributed by atoms with E-state index in [-0.39, 0.29) is 17.0 Å². The molecule has 1 aromatic heterocycles. The molecule has 0 N–H and O–H groups in total. The normalized spacial score (nSPS) is 10.8. The molecule has 4 aromatic rings. The second kappa shape index (κ2) is 9.90. The van der Waals surface area contributed by atoms with Gasteiger partial charge in [-0.3, -0.25) is 14.9 Å². The molecule has 3 aromatic carbocycles. The molecule has 0 saturated carbocycles. The molecule has 33 heavy (non-hydrogen) atoms. The maximum absolute atomic E-state index is 12.1. The first kappa shape index (κ1) is 23.2. The molecule has 4 rings (SSSR count). The highest BCUT2D eigenvalue weighted by molar-refractivity contribution is 9.10. The average molecular weight is 586 g/mol. The van der Waals surface area contributed by atoms with E-state index in [0.717, 1.165) is 31.8 Å². The molecule has 0 saturated heterocycles. The summed E-state index contributed by atoms with van der Waals surface area (Å²) in [7, 11) is 0.